The second-order valence-electron chi connectivity index (χ2n) is 5.03. The molecule has 0 radical (unpaired) electrons. The molecule has 0 bridgehead atoms. The normalized spacial score (nSPS) is 31.6. The molecule has 0 aliphatic carbocycles. The lowest BCUT2D eigenvalue weighted by atomic mass is 9.75. The number of allylic oxidation sites excluding steroid dienone is 1. The number of cyclic esters (lactones) is 1. The van der Waals surface area contributed by atoms with Crippen LogP contribution >= 0.6 is 0 Å². The van der Waals surface area contributed by atoms with Crippen LogP contribution in [0.1, 0.15) is 34.6 Å². The van der Waals surface area contributed by atoms with Crippen LogP contribution < -0.4 is 0 Å². The summed E-state index contributed by atoms with van der Waals surface area (Å²) in [5.41, 5.74) is -0.994. The van der Waals surface area contributed by atoms with Crippen molar-refractivity contribution in [2.75, 3.05) is 0 Å². The van der Waals surface area contributed by atoms with Crippen molar-refractivity contribution in [2.24, 2.45) is 17.3 Å². The van der Waals surface area contributed by atoms with Gasteiger partial charge in [-0.1, -0.05) is 26.0 Å². The van der Waals surface area contributed by atoms with Crippen LogP contribution in [-0.2, 0) is 14.3 Å². The van der Waals surface area contributed by atoms with E-state index in [4.69, 9.17) is 4.74 Å². The first-order chi connectivity index (χ1) is 7.32. The van der Waals surface area contributed by atoms with Crippen molar-refractivity contribution in [2.45, 2.75) is 40.7 Å². The first kappa shape index (κ1) is 12.9. The molecule has 0 N–H and O–H groups in total. The predicted molar refractivity (Wildman–Crippen MR) is 61.8 cm³/mol. The maximum Gasteiger partial charge on any atom is 0.319 e. The Balaban J connectivity index is 2.94. The molecule has 1 aliphatic heterocycles. The third-order valence-corrected chi connectivity index (χ3v) is 3.29. The fourth-order valence-corrected chi connectivity index (χ4v) is 2.17. The molecular formula is C13H20O3. The number of esters is 1. The highest BCUT2D eigenvalue weighted by Crippen LogP contribution is 2.34. The van der Waals surface area contributed by atoms with Gasteiger partial charge in [0, 0.05) is 5.92 Å². The van der Waals surface area contributed by atoms with Crippen molar-refractivity contribution in [3.8, 4) is 0 Å². The number of hydrogen-bond acceptors (Lipinski definition) is 3. The van der Waals surface area contributed by atoms with E-state index in [1.165, 1.54) is 0 Å². The summed E-state index contributed by atoms with van der Waals surface area (Å²) in [6.45, 7) is 8.97. The number of rotatable bonds is 2. The van der Waals surface area contributed by atoms with E-state index in [2.05, 4.69) is 0 Å². The second kappa shape index (κ2) is 4.40. The van der Waals surface area contributed by atoms with Crippen molar-refractivity contribution in [3.05, 3.63) is 12.2 Å². The highest BCUT2D eigenvalue weighted by atomic mass is 16.5. The molecule has 3 heteroatoms. The van der Waals surface area contributed by atoms with Crippen molar-refractivity contribution in [3.63, 3.8) is 0 Å². The summed E-state index contributed by atoms with van der Waals surface area (Å²) < 4.78 is 5.39. The Labute approximate surface area is 96.9 Å². The lowest BCUT2D eigenvalue weighted by Gasteiger charge is -2.38. The van der Waals surface area contributed by atoms with Crippen molar-refractivity contribution in [1.29, 1.82) is 0 Å². The zero-order chi connectivity index (χ0) is 12.5. The quantitative estimate of drug-likeness (QED) is 0.411. The highest BCUT2D eigenvalue weighted by molar-refractivity contribution is 6.05. The van der Waals surface area contributed by atoms with Crippen LogP contribution in [0.15, 0.2) is 12.2 Å². The number of hydrogen-bond donors (Lipinski definition) is 0. The number of Topliss-reactive ketones (excluding diaryl/α,β-unsaturated/α-hetero) is 1. The second-order valence-corrected chi connectivity index (χ2v) is 5.03. The molecule has 0 amide bonds. The van der Waals surface area contributed by atoms with Gasteiger partial charge < -0.3 is 4.74 Å². The van der Waals surface area contributed by atoms with E-state index in [1.807, 2.05) is 32.9 Å². The average Bonchev–Trinajstić information content (AvgIpc) is 2.21. The summed E-state index contributed by atoms with van der Waals surface area (Å²) in [5, 5.41) is 0. The van der Waals surface area contributed by atoms with Gasteiger partial charge in [-0.25, -0.2) is 0 Å². The molecule has 1 heterocycles. The SMILES string of the molecule is CC=CC(C)[C@@H]1OC(=O)C(C)(C)C(=O)[C@@H]1C. The van der Waals surface area contributed by atoms with Gasteiger partial charge in [0.1, 0.15) is 11.5 Å². The Kier molecular flexibility index (Phi) is 3.56. The summed E-state index contributed by atoms with van der Waals surface area (Å²) in [7, 11) is 0. The summed E-state index contributed by atoms with van der Waals surface area (Å²) in [4.78, 5) is 23.8. The first-order valence-corrected chi connectivity index (χ1v) is 5.70. The van der Waals surface area contributed by atoms with Crippen LogP contribution in [-0.4, -0.2) is 17.9 Å². The largest absolute Gasteiger partial charge is 0.460 e. The minimum Gasteiger partial charge on any atom is -0.460 e. The summed E-state index contributed by atoms with van der Waals surface area (Å²) in [6, 6.07) is 0. The smallest absolute Gasteiger partial charge is 0.319 e. The lowest BCUT2D eigenvalue weighted by Crippen LogP contribution is -2.51. The van der Waals surface area contributed by atoms with Crippen molar-refractivity contribution in [1.82, 2.24) is 0 Å². The van der Waals surface area contributed by atoms with Gasteiger partial charge in [-0.2, -0.15) is 0 Å². The van der Waals surface area contributed by atoms with E-state index in [-0.39, 0.29) is 23.7 Å². The van der Waals surface area contributed by atoms with Crippen LogP contribution in [0.25, 0.3) is 0 Å². The summed E-state index contributed by atoms with van der Waals surface area (Å²) in [5.74, 6) is -0.593. The number of ketones is 1. The third-order valence-electron chi connectivity index (χ3n) is 3.29. The Bertz CT molecular complexity index is 328. The van der Waals surface area contributed by atoms with E-state index in [0.29, 0.717) is 0 Å². The van der Waals surface area contributed by atoms with Gasteiger partial charge in [0.2, 0.25) is 0 Å². The van der Waals surface area contributed by atoms with E-state index in [9.17, 15) is 9.59 Å². The fourth-order valence-electron chi connectivity index (χ4n) is 2.17. The van der Waals surface area contributed by atoms with Gasteiger partial charge in [-0.05, 0) is 20.8 Å². The third kappa shape index (κ3) is 2.04. The summed E-state index contributed by atoms with van der Waals surface area (Å²) in [6.07, 6.45) is 3.54. The molecule has 3 nitrogen and oxygen atoms in total. The Morgan fingerprint density at radius 3 is 2.44 bits per heavy atom. The zero-order valence-electron chi connectivity index (χ0n) is 10.6. The fraction of sp³-hybridized carbons (Fsp3) is 0.692. The molecular weight excluding hydrogens is 204 g/mol. The molecule has 1 unspecified atom stereocenters. The molecule has 1 aliphatic rings. The molecule has 1 saturated heterocycles. The van der Waals surface area contributed by atoms with Gasteiger partial charge in [0.05, 0.1) is 5.92 Å². The molecule has 0 aromatic rings. The minimum atomic E-state index is -0.994. The van der Waals surface area contributed by atoms with E-state index < -0.39 is 11.4 Å². The molecule has 1 fully saturated rings. The van der Waals surface area contributed by atoms with Crippen molar-refractivity contribution < 1.29 is 14.3 Å². The van der Waals surface area contributed by atoms with Crippen LogP contribution in [0.5, 0.6) is 0 Å². The van der Waals surface area contributed by atoms with E-state index in [1.54, 1.807) is 13.8 Å². The van der Waals surface area contributed by atoms with E-state index >= 15 is 0 Å². The summed E-state index contributed by atoms with van der Waals surface area (Å²) >= 11 is 0. The molecule has 1 rings (SSSR count). The Morgan fingerprint density at radius 1 is 1.38 bits per heavy atom. The lowest BCUT2D eigenvalue weighted by molar-refractivity contribution is -0.179. The minimum absolute atomic E-state index is 0.0231. The maximum atomic E-state index is 12.1. The number of carbonyl (C=O) groups is 2. The van der Waals surface area contributed by atoms with Gasteiger partial charge in [0.15, 0.2) is 5.78 Å². The Morgan fingerprint density at radius 2 is 1.94 bits per heavy atom. The van der Waals surface area contributed by atoms with Crippen LogP contribution in [0.3, 0.4) is 0 Å². The Hall–Kier alpha value is -1.12. The first-order valence-electron chi connectivity index (χ1n) is 5.70. The van der Waals surface area contributed by atoms with Gasteiger partial charge in [-0.3, -0.25) is 9.59 Å². The number of carbonyl (C=O) groups excluding carboxylic acids is 2. The van der Waals surface area contributed by atoms with Crippen LogP contribution in [0.2, 0.25) is 0 Å². The van der Waals surface area contributed by atoms with Crippen LogP contribution in [0.4, 0.5) is 0 Å². The average molecular weight is 224 g/mol. The predicted octanol–water partition coefficient (Wildman–Crippen LogP) is 2.36. The number of ether oxygens (including phenoxy) is 1. The van der Waals surface area contributed by atoms with Gasteiger partial charge >= 0.3 is 5.97 Å². The molecule has 0 spiro atoms. The standard InChI is InChI=1S/C13H20O3/c1-6-7-8(2)10-9(3)11(14)13(4,5)12(15)16-10/h6-10H,1-5H3/t8?,9-,10+/m1/s1. The molecule has 0 aromatic heterocycles. The molecule has 3 atom stereocenters. The molecule has 90 valence electrons. The molecule has 16 heavy (non-hydrogen) atoms. The van der Waals surface area contributed by atoms with E-state index in [0.717, 1.165) is 0 Å². The van der Waals surface area contributed by atoms with Crippen molar-refractivity contribution >= 4 is 11.8 Å². The zero-order valence-corrected chi connectivity index (χ0v) is 10.6. The van der Waals surface area contributed by atoms with Gasteiger partial charge in [0.25, 0.3) is 0 Å². The molecule has 0 saturated carbocycles. The highest BCUT2D eigenvalue weighted by Gasteiger charge is 2.49. The topological polar surface area (TPSA) is 43.4 Å². The maximum absolute atomic E-state index is 12.1. The van der Waals surface area contributed by atoms with Crippen LogP contribution in [0, 0.1) is 17.3 Å². The van der Waals surface area contributed by atoms with Gasteiger partial charge in [-0.15, -0.1) is 0 Å². The molecule has 0 aromatic carbocycles. The monoisotopic (exact) mass is 224 g/mol.